The van der Waals surface area contributed by atoms with Crippen LogP contribution >= 0.6 is 0 Å². The maximum Gasteiger partial charge on any atom is 0.227 e. The number of amides is 1. The number of rotatable bonds is 10. The molecule has 6 nitrogen and oxygen atoms in total. The molecule has 158 valence electrons. The fourth-order valence-corrected chi connectivity index (χ4v) is 2.95. The van der Waals surface area contributed by atoms with Gasteiger partial charge in [-0.05, 0) is 30.0 Å². The van der Waals surface area contributed by atoms with Crippen molar-refractivity contribution >= 4 is 11.6 Å². The van der Waals surface area contributed by atoms with Gasteiger partial charge < -0.3 is 14.6 Å². The molecule has 0 saturated heterocycles. The van der Waals surface area contributed by atoms with E-state index in [4.69, 9.17) is 9.26 Å². The lowest BCUT2D eigenvalue weighted by atomic mass is 10.0. The summed E-state index contributed by atoms with van der Waals surface area (Å²) in [4.78, 5) is 16.8. The lowest BCUT2D eigenvalue weighted by Gasteiger charge is -2.11. The first-order valence-electron chi connectivity index (χ1n) is 10.5. The van der Waals surface area contributed by atoms with Gasteiger partial charge in [0.15, 0.2) is 0 Å². The number of para-hydroxylation sites is 2. The zero-order valence-corrected chi connectivity index (χ0v) is 17.9. The molecular formula is C24H29N3O3. The summed E-state index contributed by atoms with van der Waals surface area (Å²) in [5.74, 6) is 2.02. The van der Waals surface area contributed by atoms with Gasteiger partial charge in [0, 0.05) is 18.4 Å². The normalized spacial score (nSPS) is 10.9. The molecule has 0 saturated carbocycles. The third kappa shape index (κ3) is 5.92. The Morgan fingerprint density at radius 1 is 1.13 bits per heavy atom. The summed E-state index contributed by atoms with van der Waals surface area (Å²) in [6.07, 6.45) is 2.66. The summed E-state index contributed by atoms with van der Waals surface area (Å²) < 4.78 is 11.1. The van der Waals surface area contributed by atoms with Crippen molar-refractivity contribution in [2.75, 3.05) is 11.9 Å². The van der Waals surface area contributed by atoms with Crippen molar-refractivity contribution in [3.63, 3.8) is 0 Å². The molecule has 0 radical (unpaired) electrons. The molecule has 0 fully saturated rings. The first-order chi connectivity index (χ1) is 14.6. The van der Waals surface area contributed by atoms with Crippen molar-refractivity contribution in [3.05, 3.63) is 60.0 Å². The Bertz CT molecular complexity index is 948. The Morgan fingerprint density at radius 3 is 2.63 bits per heavy atom. The van der Waals surface area contributed by atoms with E-state index >= 15 is 0 Å². The number of nitrogens with one attached hydrogen (secondary N) is 1. The number of hydrogen-bond donors (Lipinski definition) is 1. The minimum absolute atomic E-state index is 0.123. The smallest absolute Gasteiger partial charge is 0.227 e. The largest absolute Gasteiger partial charge is 0.491 e. The highest BCUT2D eigenvalue weighted by atomic mass is 16.5. The van der Waals surface area contributed by atoms with Crippen LogP contribution in [0.25, 0.3) is 11.4 Å². The summed E-state index contributed by atoms with van der Waals surface area (Å²) in [5.41, 5.74) is 2.84. The van der Waals surface area contributed by atoms with Gasteiger partial charge >= 0.3 is 0 Å². The maximum atomic E-state index is 12.4. The molecule has 0 bridgehead atoms. The molecule has 0 aliphatic rings. The van der Waals surface area contributed by atoms with Crippen LogP contribution in [0.2, 0.25) is 0 Å². The van der Waals surface area contributed by atoms with Crippen molar-refractivity contribution in [2.45, 2.75) is 52.4 Å². The molecule has 0 atom stereocenters. The molecule has 0 aliphatic carbocycles. The average molecular weight is 408 g/mol. The summed E-state index contributed by atoms with van der Waals surface area (Å²) in [6.45, 7) is 7.05. The SMILES string of the molecule is CCCCOc1ccccc1NC(=O)CCc1nc(-c2ccc(C(C)C)cc2)no1. The number of anilines is 1. The number of benzene rings is 2. The predicted molar refractivity (Wildman–Crippen MR) is 118 cm³/mol. The Kier molecular flexibility index (Phi) is 7.60. The van der Waals surface area contributed by atoms with E-state index in [0.29, 0.717) is 42.1 Å². The lowest BCUT2D eigenvalue weighted by molar-refractivity contribution is -0.116. The zero-order chi connectivity index (χ0) is 21.3. The Morgan fingerprint density at radius 2 is 1.90 bits per heavy atom. The molecule has 2 aromatic carbocycles. The quantitative estimate of drug-likeness (QED) is 0.442. The van der Waals surface area contributed by atoms with Crippen molar-refractivity contribution in [2.24, 2.45) is 0 Å². The summed E-state index contributed by atoms with van der Waals surface area (Å²) in [7, 11) is 0. The maximum absolute atomic E-state index is 12.4. The summed E-state index contributed by atoms with van der Waals surface area (Å²) >= 11 is 0. The number of aromatic nitrogens is 2. The Hall–Kier alpha value is -3.15. The molecule has 6 heteroatoms. The van der Waals surface area contributed by atoms with Crippen molar-refractivity contribution in [1.29, 1.82) is 0 Å². The molecule has 0 spiro atoms. The van der Waals surface area contributed by atoms with Gasteiger partial charge in [0.2, 0.25) is 17.6 Å². The molecule has 3 rings (SSSR count). The van der Waals surface area contributed by atoms with Crippen LogP contribution < -0.4 is 10.1 Å². The van der Waals surface area contributed by atoms with E-state index in [9.17, 15) is 4.79 Å². The van der Waals surface area contributed by atoms with Gasteiger partial charge in [-0.15, -0.1) is 0 Å². The second-order valence-corrected chi connectivity index (χ2v) is 7.53. The summed E-state index contributed by atoms with van der Waals surface area (Å²) in [5, 5.41) is 6.95. The first kappa shape index (κ1) is 21.6. The monoisotopic (exact) mass is 407 g/mol. The molecule has 3 aromatic rings. The van der Waals surface area contributed by atoms with Gasteiger partial charge in [-0.25, -0.2) is 0 Å². The van der Waals surface area contributed by atoms with Crippen LogP contribution in [0.15, 0.2) is 53.1 Å². The van der Waals surface area contributed by atoms with Crippen LogP contribution in [0.5, 0.6) is 5.75 Å². The number of ether oxygens (including phenoxy) is 1. The fraction of sp³-hybridized carbons (Fsp3) is 0.375. The van der Waals surface area contributed by atoms with Gasteiger partial charge in [-0.3, -0.25) is 4.79 Å². The molecule has 0 aliphatic heterocycles. The molecule has 0 unspecified atom stereocenters. The van der Waals surface area contributed by atoms with Gasteiger partial charge in [0.05, 0.1) is 12.3 Å². The Labute approximate surface area is 177 Å². The van der Waals surface area contributed by atoms with E-state index in [-0.39, 0.29) is 12.3 Å². The highest BCUT2D eigenvalue weighted by Crippen LogP contribution is 2.24. The van der Waals surface area contributed by atoms with Gasteiger partial charge in [-0.1, -0.05) is 68.7 Å². The van der Waals surface area contributed by atoms with Crippen LogP contribution in [-0.4, -0.2) is 22.7 Å². The average Bonchev–Trinajstić information content (AvgIpc) is 3.23. The number of hydrogen-bond acceptors (Lipinski definition) is 5. The molecule has 1 heterocycles. The first-order valence-corrected chi connectivity index (χ1v) is 10.5. The molecule has 30 heavy (non-hydrogen) atoms. The minimum atomic E-state index is -0.123. The number of carbonyl (C=O) groups is 1. The van der Waals surface area contributed by atoms with Gasteiger partial charge in [0.25, 0.3) is 0 Å². The number of carbonyl (C=O) groups excluding carboxylic acids is 1. The van der Waals surface area contributed by atoms with E-state index in [1.807, 2.05) is 36.4 Å². The number of unbranched alkanes of at least 4 members (excludes halogenated alkanes) is 1. The predicted octanol–water partition coefficient (Wildman–Crippen LogP) is 5.61. The van der Waals surface area contributed by atoms with Crippen LogP contribution in [0, 0.1) is 0 Å². The van der Waals surface area contributed by atoms with Crippen LogP contribution in [-0.2, 0) is 11.2 Å². The van der Waals surface area contributed by atoms with E-state index in [1.165, 1.54) is 5.56 Å². The molecule has 1 N–H and O–H groups in total. The van der Waals surface area contributed by atoms with Gasteiger partial charge in [0.1, 0.15) is 5.75 Å². The fourth-order valence-electron chi connectivity index (χ4n) is 2.95. The second kappa shape index (κ2) is 10.6. The zero-order valence-electron chi connectivity index (χ0n) is 17.9. The minimum Gasteiger partial charge on any atom is -0.491 e. The van der Waals surface area contributed by atoms with Gasteiger partial charge in [-0.2, -0.15) is 4.98 Å². The topological polar surface area (TPSA) is 77.2 Å². The van der Waals surface area contributed by atoms with Crippen molar-refractivity contribution < 1.29 is 14.1 Å². The lowest BCUT2D eigenvalue weighted by Crippen LogP contribution is -2.13. The molecular weight excluding hydrogens is 378 g/mol. The third-order valence-electron chi connectivity index (χ3n) is 4.79. The van der Waals surface area contributed by atoms with Crippen molar-refractivity contribution in [3.8, 4) is 17.1 Å². The van der Waals surface area contributed by atoms with E-state index in [0.717, 1.165) is 18.4 Å². The Balaban J connectivity index is 1.55. The molecule has 1 amide bonds. The van der Waals surface area contributed by atoms with Crippen molar-refractivity contribution in [1.82, 2.24) is 10.1 Å². The van der Waals surface area contributed by atoms with Crippen LogP contribution in [0.3, 0.4) is 0 Å². The summed E-state index contributed by atoms with van der Waals surface area (Å²) in [6, 6.07) is 15.6. The molecule has 1 aromatic heterocycles. The highest BCUT2D eigenvalue weighted by Gasteiger charge is 2.13. The van der Waals surface area contributed by atoms with Crippen LogP contribution in [0.4, 0.5) is 5.69 Å². The second-order valence-electron chi connectivity index (χ2n) is 7.53. The van der Waals surface area contributed by atoms with Crippen LogP contribution in [0.1, 0.15) is 57.4 Å². The third-order valence-corrected chi connectivity index (χ3v) is 4.79. The van der Waals surface area contributed by atoms with E-state index in [2.05, 4.69) is 48.4 Å². The number of nitrogens with zero attached hydrogens (tertiary/aromatic N) is 2. The van der Waals surface area contributed by atoms with E-state index in [1.54, 1.807) is 0 Å². The highest BCUT2D eigenvalue weighted by molar-refractivity contribution is 5.92. The number of aryl methyl sites for hydroxylation is 1. The van der Waals surface area contributed by atoms with E-state index < -0.39 is 0 Å². The standard InChI is InChI=1S/C24H29N3O3/c1-4-5-16-29-21-9-7-6-8-20(21)25-22(28)14-15-23-26-24(27-30-23)19-12-10-18(11-13-19)17(2)3/h6-13,17H,4-5,14-16H2,1-3H3,(H,25,28).